The van der Waals surface area contributed by atoms with Crippen molar-refractivity contribution in [1.29, 1.82) is 0 Å². The van der Waals surface area contributed by atoms with Gasteiger partial charge in [0.1, 0.15) is 5.67 Å². The molecule has 2 fully saturated rings. The van der Waals surface area contributed by atoms with E-state index in [4.69, 9.17) is 10.5 Å². The summed E-state index contributed by atoms with van der Waals surface area (Å²) in [7, 11) is 0. The van der Waals surface area contributed by atoms with Gasteiger partial charge in [0.2, 0.25) is 0 Å². The number of ether oxygens (including phenoxy) is 1. The van der Waals surface area contributed by atoms with Crippen LogP contribution in [-0.2, 0) is 4.74 Å². The van der Waals surface area contributed by atoms with Crippen LogP contribution >= 0.6 is 24.8 Å². The zero-order valence-corrected chi connectivity index (χ0v) is 11.7. The topological polar surface area (TPSA) is 38.5 Å². The van der Waals surface area contributed by atoms with Gasteiger partial charge in [-0.05, 0) is 25.9 Å². The first-order valence-electron chi connectivity index (χ1n) is 5.93. The lowest BCUT2D eigenvalue weighted by molar-refractivity contribution is -0.0300. The van der Waals surface area contributed by atoms with E-state index in [9.17, 15) is 4.39 Å². The Morgan fingerprint density at radius 3 is 2.24 bits per heavy atom. The summed E-state index contributed by atoms with van der Waals surface area (Å²) >= 11 is 0. The van der Waals surface area contributed by atoms with Gasteiger partial charge in [0, 0.05) is 38.6 Å². The monoisotopic (exact) mass is 288 g/mol. The SMILES string of the molecule is Cl.Cl.NC1CCN(CC2(F)CCOCC2)CC1. The maximum Gasteiger partial charge on any atom is 0.128 e. The van der Waals surface area contributed by atoms with E-state index in [2.05, 4.69) is 4.90 Å². The van der Waals surface area contributed by atoms with Gasteiger partial charge in [-0.3, -0.25) is 0 Å². The first kappa shape index (κ1) is 17.4. The van der Waals surface area contributed by atoms with Crippen molar-refractivity contribution in [3.63, 3.8) is 0 Å². The lowest BCUT2D eigenvalue weighted by atomic mass is 9.94. The third-order valence-corrected chi connectivity index (χ3v) is 3.53. The number of likely N-dealkylation sites (tertiary alicyclic amines) is 1. The van der Waals surface area contributed by atoms with Crippen molar-refractivity contribution in [2.24, 2.45) is 5.73 Å². The summed E-state index contributed by atoms with van der Waals surface area (Å²) in [6.07, 6.45) is 3.12. The molecule has 0 aromatic rings. The molecule has 0 amide bonds. The molecule has 17 heavy (non-hydrogen) atoms. The van der Waals surface area contributed by atoms with Crippen LogP contribution in [0.5, 0.6) is 0 Å². The Balaban J connectivity index is 0.00000128. The van der Waals surface area contributed by atoms with E-state index in [0.717, 1.165) is 25.9 Å². The van der Waals surface area contributed by atoms with E-state index in [1.807, 2.05) is 0 Å². The summed E-state index contributed by atoms with van der Waals surface area (Å²) in [5, 5.41) is 0. The number of halogens is 3. The molecule has 0 radical (unpaired) electrons. The van der Waals surface area contributed by atoms with Crippen molar-refractivity contribution in [3.05, 3.63) is 0 Å². The Hall–Kier alpha value is 0.390. The third kappa shape index (κ3) is 5.26. The molecular weight excluding hydrogens is 266 g/mol. The fourth-order valence-electron chi connectivity index (χ4n) is 2.41. The third-order valence-electron chi connectivity index (χ3n) is 3.53. The quantitative estimate of drug-likeness (QED) is 0.842. The van der Waals surface area contributed by atoms with Gasteiger partial charge in [0.25, 0.3) is 0 Å². The molecule has 2 rings (SSSR count). The molecule has 0 unspecified atom stereocenters. The van der Waals surface area contributed by atoms with Crippen LogP contribution < -0.4 is 5.73 Å². The molecule has 2 aliphatic heterocycles. The van der Waals surface area contributed by atoms with Crippen molar-refractivity contribution in [3.8, 4) is 0 Å². The molecule has 2 N–H and O–H groups in total. The van der Waals surface area contributed by atoms with Crippen molar-refractivity contribution in [2.45, 2.75) is 37.4 Å². The molecule has 0 aromatic heterocycles. The fourth-order valence-corrected chi connectivity index (χ4v) is 2.41. The van der Waals surface area contributed by atoms with E-state index >= 15 is 0 Å². The summed E-state index contributed by atoms with van der Waals surface area (Å²) in [6.45, 7) is 3.62. The lowest BCUT2D eigenvalue weighted by Crippen LogP contribution is -2.48. The van der Waals surface area contributed by atoms with Gasteiger partial charge in [0.15, 0.2) is 0 Å². The zero-order valence-electron chi connectivity index (χ0n) is 10.1. The molecule has 6 heteroatoms. The fraction of sp³-hybridized carbons (Fsp3) is 1.00. The molecule has 0 atom stereocenters. The minimum atomic E-state index is -1.01. The molecule has 0 aliphatic carbocycles. The second-order valence-electron chi connectivity index (χ2n) is 4.88. The highest BCUT2D eigenvalue weighted by Crippen LogP contribution is 2.27. The van der Waals surface area contributed by atoms with Crippen LogP contribution in [-0.4, -0.2) is 49.5 Å². The van der Waals surface area contributed by atoms with Crippen LogP contribution in [0.4, 0.5) is 4.39 Å². The summed E-state index contributed by atoms with van der Waals surface area (Å²) < 4.78 is 19.5. The number of nitrogens with two attached hydrogens (primary N) is 1. The predicted molar refractivity (Wildman–Crippen MR) is 72.0 cm³/mol. The number of hydrogen-bond acceptors (Lipinski definition) is 3. The highest BCUT2D eigenvalue weighted by atomic mass is 35.5. The largest absolute Gasteiger partial charge is 0.381 e. The summed E-state index contributed by atoms with van der Waals surface area (Å²) in [6, 6.07) is 0.325. The summed E-state index contributed by atoms with van der Waals surface area (Å²) in [5.74, 6) is 0. The van der Waals surface area contributed by atoms with Gasteiger partial charge in [-0.2, -0.15) is 0 Å². The second-order valence-corrected chi connectivity index (χ2v) is 4.88. The van der Waals surface area contributed by atoms with Crippen molar-refractivity contribution < 1.29 is 9.13 Å². The highest BCUT2D eigenvalue weighted by molar-refractivity contribution is 5.85. The first-order chi connectivity index (χ1) is 7.18. The van der Waals surface area contributed by atoms with Crippen LogP contribution in [0.1, 0.15) is 25.7 Å². The Morgan fingerprint density at radius 1 is 1.18 bits per heavy atom. The molecule has 2 aliphatic rings. The maximum atomic E-state index is 14.3. The van der Waals surface area contributed by atoms with Crippen molar-refractivity contribution >= 4 is 24.8 Å². The number of nitrogens with zero attached hydrogens (tertiary/aromatic N) is 1. The van der Waals surface area contributed by atoms with E-state index < -0.39 is 5.67 Å². The zero-order chi connectivity index (χ0) is 10.7. The van der Waals surface area contributed by atoms with E-state index in [-0.39, 0.29) is 24.8 Å². The van der Waals surface area contributed by atoms with Gasteiger partial charge in [-0.15, -0.1) is 24.8 Å². The van der Waals surface area contributed by atoms with Crippen molar-refractivity contribution in [1.82, 2.24) is 4.90 Å². The first-order valence-corrected chi connectivity index (χ1v) is 5.93. The Morgan fingerprint density at radius 2 is 1.71 bits per heavy atom. The van der Waals surface area contributed by atoms with Gasteiger partial charge >= 0.3 is 0 Å². The number of alkyl halides is 1. The Labute approximate surface area is 115 Å². The van der Waals surface area contributed by atoms with Gasteiger partial charge in [-0.1, -0.05) is 0 Å². The minimum Gasteiger partial charge on any atom is -0.381 e. The summed E-state index contributed by atoms with van der Waals surface area (Å²) in [5.41, 5.74) is 4.81. The van der Waals surface area contributed by atoms with E-state index in [1.54, 1.807) is 0 Å². The Bertz CT molecular complexity index is 208. The molecule has 0 saturated carbocycles. The minimum absolute atomic E-state index is 0. The Kier molecular flexibility index (Phi) is 7.92. The number of rotatable bonds is 2. The normalized spacial score (nSPS) is 25.8. The van der Waals surface area contributed by atoms with Gasteiger partial charge in [-0.25, -0.2) is 4.39 Å². The molecule has 0 spiro atoms. The molecule has 3 nitrogen and oxygen atoms in total. The predicted octanol–water partition coefficient (Wildman–Crippen LogP) is 1.77. The molecular formula is C11H23Cl2FN2O. The molecule has 0 aromatic carbocycles. The van der Waals surface area contributed by atoms with Crippen LogP contribution in [0, 0.1) is 0 Å². The smallest absolute Gasteiger partial charge is 0.128 e. The highest BCUT2D eigenvalue weighted by Gasteiger charge is 2.34. The van der Waals surface area contributed by atoms with Gasteiger partial charge in [0.05, 0.1) is 0 Å². The standard InChI is InChI=1S/C11H21FN2O.2ClH/c12-11(3-7-15-8-4-11)9-14-5-1-10(13)2-6-14;;/h10H,1-9,13H2;2*1H. The van der Waals surface area contributed by atoms with E-state index in [0.29, 0.717) is 38.6 Å². The maximum absolute atomic E-state index is 14.3. The van der Waals surface area contributed by atoms with Gasteiger partial charge < -0.3 is 15.4 Å². The number of piperidine rings is 1. The average Bonchev–Trinajstić information content (AvgIpc) is 2.22. The van der Waals surface area contributed by atoms with Crippen LogP contribution in [0.15, 0.2) is 0 Å². The van der Waals surface area contributed by atoms with E-state index in [1.165, 1.54) is 0 Å². The molecule has 0 bridgehead atoms. The summed E-state index contributed by atoms with van der Waals surface area (Å²) in [4.78, 5) is 2.22. The molecule has 2 saturated heterocycles. The number of hydrogen-bond donors (Lipinski definition) is 1. The average molecular weight is 289 g/mol. The van der Waals surface area contributed by atoms with Crippen LogP contribution in [0.2, 0.25) is 0 Å². The van der Waals surface area contributed by atoms with Crippen LogP contribution in [0.3, 0.4) is 0 Å². The molecule has 2 heterocycles. The molecule has 104 valence electrons. The second kappa shape index (κ2) is 7.74. The lowest BCUT2D eigenvalue weighted by Gasteiger charge is -2.37. The van der Waals surface area contributed by atoms with Crippen molar-refractivity contribution in [2.75, 3.05) is 32.8 Å². The van der Waals surface area contributed by atoms with Crippen LogP contribution in [0.25, 0.3) is 0 Å².